The summed E-state index contributed by atoms with van der Waals surface area (Å²) >= 11 is 6.02. The van der Waals surface area contributed by atoms with E-state index in [0.29, 0.717) is 41.7 Å². The van der Waals surface area contributed by atoms with Crippen LogP contribution in [0, 0.1) is 0 Å². The first kappa shape index (κ1) is 20.1. The molecule has 2 fully saturated rings. The van der Waals surface area contributed by atoms with Crippen molar-refractivity contribution < 1.29 is 14.3 Å². The van der Waals surface area contributed by atoms with Crippen LogP contribution in [0.1, 0.15) is 30.1 Å². The van der Waals surface area contributed by atoms with Crippen molar-refractivity contribution in [1.82, 2.24) is 14.8 Å². The van der Waals surface area contributed by atoms with Crippen molar-refractivity contribution in [2.75, 3.05) is 19.6 Å². The van der Waals surface area contributed by atoms with Gasteiger partial charge in [-0.25, -0.2) is 4.98 Å². The number of carbonyl (C=O) groups excluding carboxylic acids is 1. The van der Waals surface area contributed by atoms with E-state index in [-0.39, 0.29) is 11.9 Å². The first-order chi connectivity index (χ1) is 14.8. The lowest BCUT2D eigenvalue weighted by Gasteiger charge is -2.43. The van der Waals surface area contributed by atoms with Crippen molar-refractivity contribution in [1.29, 1.82) is 0 Å². The average molecular weight is 438 g/mol. The summed E-state index contributed by atoms with van der Waals surface area (Å²) in [5, 5.41) is 11.0. The van der Waals surface area contributed by atoms with Crippen molar-refractivity contribution in [3.8, 4) is 11.5 Å². The zero-order valence-electron chi connectivity index (χ0n) is 17.3. The molecule has 5 rings (SSSR count). The Balaban J connectivity index is 1.28. The van der Waals surface area contributed by atoms with Gasteiger partial charge in [0.25, 0.3) is 5.91 Å². The van der Waals surface area contributed by atoms with Gasteiger partial charge in [0.2, 0.25) is 5.89 Å². The maximum atomic E-state index is 13.0. The van der Waals surface area contributed by atoms with Crippen LogP contribution >= 0.6 is 11.6 Å². The molecule has 160 valence electrons. The molecule has 1 saturated carbocycles. The van der Waals surface area contributed by atoms with Crippen molar-refractivity contribution in [2.24, 2.45) is 0 Å². The second-order valence-corrected chi connectivity index (χ2v) is 8.92. The van der Waals surface area contributed by atoms with E-state index in [1.165, 1.54) is 0 Å². The fraction of sp³-hybridized carbons (Fsp3) is 0.333. The summed E-state index contributed by atoms with van der Waals surface area (Å²) in [7, 11) is 0. The molecule has 1 aliphatic carbocycles. The lowest BCUT2D eigenvalue weighted by molar-refractivity contribution is 0.0493. The standard InChI is InChI=1S/C24H24ClN3O3/c1-15-14-27(11-12-28(15)16(2)24(30)9-10-24)23(29)18-5-3-17(4-6-18)22-26-20-8-7-19(25)13-21(20)31-22/h3-8,13,15,30H,2,9-12,14H2,1H3/t15-/m0/s1. The van der Waals surface area contributed by atoms with Gasteiger partial charge in [-0.3, -0.25) is 4.79 Å². The van der Waals surface area contributed by atoms with Crippen LogP contribution in [0.15, 0.2) is 59.2 Å². The van der Waals surface area contributed by atoms with Gasteiger partial charge in [0, 0.05) is 53.6 Å². The highest BCUT2D eigenvalue weighted by atomic mass is 35.5. The third-order valence-corrected chi connectivity index (χ3v) is 6.49. The number of rotatable bonds is 4. The molecule has 3 aromatic rings. The molecule has 2 aromatic carbocycles. The minimum atomic E-state index is -0.730. The van der Waals surface area contributed by atoms with Gasteiger partial charge in [0.1, 0.15) is 11.1 Å². The fourth-order valence-electron chi connectivity index (χ4n) is 4.18. The van der Waals surface area contributed by atoms with Crippen molar-refractivity contribution in [3.05, 3.63) is 65.3 Å². The molecule has 31 heavy (non-hydrogen) atoms. The van der Waals surface area contributed by atoms with Gasteiger partial charge in [0.15, 0.2) is 5.58 Å². The normalized spacial score (nSPS) is 20.2. The third-order valence-electron chi connectivity index (χ3n) is 6.25. The smallest absolute Gasteiger partial charge is 0.253 e. The number of hydrogen-bond acceptors (Lipinski definition) is 5. The zero-order valence-corrected chi connectivity index (χ0v) is 18.1. The van der Waals surface area contributed by atoms with Gasteiger partial charge in [-0.05, 0) is 56.2 Å². The van der Waals surface area contributed by atoms with Gasteiger partial charge in [0.05, 0.1) is 0 Å². The fourth-order valence-corrected chi connectivity index (χ4v) is 4.34. The number of carbonyl (C=O) groups is 1. The van der Waals surface area contributed by atoms with E-state index in [4.69, 9.17) is 16.0 Å². The predicted molar refractivity (Wildman–Crippen MR) is 120 cm³/mol. The van der Waals surface area contributed by atoms with Crippen LogP contribution in [0.3, 0.4) is 0 Å². The number of nitrogens with zero attached hydrogens (tertiary/aromatic N) is 3. The van der Waals surface area contributed by atoms with Crippen LogP contribution in [-0.4, -0.2) is 57.1 Å². The van der Waals surface area contributed by atoms with E-state index in [9.17, 15) is 9.90 Å². The number of halogens is 1. The Kier molecular flexibility index (Phi) is 4.79. The topological polar surface area (TPSA) is 69.8 Å². The molecule has 1 amide bonds. The highest BCUT2D eigenvalue weighted by Gasteiger charge is 2.46. The molecule has 6 nitrogen and oxygen atoms in total. The average Bonchev–Trinajstić information content (AvgIpc) is 3.38. The first-order valence-corrected chi connectivity index (χ1v) is 10.9. The number of amides is 1. The molecular weight excluding hydrogens is 414 g/mol. The number of aromatic nitrogens is 1. The minimum absolute atomic E-state index is 0.00172. The number of fused-ring (bicyclic) bond motifs is 1. The Bertz CT molecular complexity index is 1170. The van der Waals surface area contributed by atoms with Crippen molar-refractivity contribution in [2.45, 2.75) is 31.4 Å². The molecule has 1 aliphatic heterocycles. The van der Waals surface area contributed by atoms with Crippen LogP contribution in [0.5, 0.6) is 0 Å². The Morgan fingerprint density at radius 2 is 1.97 bits per heavy atom. The Morgan fingerprint density at radius 3 is 2.65 bits per heavy atom. The maximum absolute atomic E-state index is 13.0. The highest BCUT2D eigenvalue weighted by molar-refractivity contribution is 6.31. The molecule has 2 aliphatic rings. The van der Waals surface area contributed by atoms with Crippen LogP contribution in [-0.2, 0) is 0 Å². The maximum Gasteiger partial charge on any atom is 0.253 e. The highest BCUT2D eigenvalue weighted by Crippen LogP contribution is 2.43. The Hall–Kier alpha value is -2.83. The Labute approximate surface area is 185 Å². The summed E-state index contributed by atoms with van der Waals surface area (Å²) in [6.45, 7) is 8.05. The molecule has 1 N–H and O–H groups in total. The number of aliphatic hydroxyl groups is 1. The predicted octanol–water partition coefficient (Wildman–Crippen LogP) is 4.33. The van der Waals surface area contributed by atoms with Gasteiger partial charge in [-0.2, -0.15) is 0 Å². The molecule has 2 heterocycles. The van der Waals surface area contributed by atoms with Crippen molar-refractivity contribution in [3.63, 3.8) is 0 Å². The molecule has 1 atom stereocenters. The van der Waals surface area contributed by atoms with E-state index >= 15 is 0 Å². The minimum Gasteiger partial charge on any atom is -0.436 e. The van der Waals surface area contributed by atoms with E-state index in [1.54, 1.807) is 12.1 Å². The Morgan fingerprint density at radius 1 is 1.23 bits per heavy atom. The van der Waals surface area contributed by atoms with E-state index in [2.05, 4.69) is 23.4 Å². The second kappa shape index (κ2) is 7.39. The summed E-state index contributed by atoms with van der Waals surface area (Å²) in [6, 6.07) is 12.8. The van der Waals surface area contributed by atoms with Crippen LogP contribution in [0.2, 0.25) is 5.02 Å². The molecule has 7 heteroatoms. The van der Waals surface area contributed by atoms with Gasteiger partial charge in [-0.15, -0.1) is 0 Å². The van der Waals surface area contributed by atoms with E-state index < -0.39 is 5.60 Å². The number of hydrogen-bond donors (Lipinski definition) is 1. The van der Waals surface area contributed by atoms with E-state index in [1.807, 2.05) is 35.2 Å². The largest absolute Gasteiger partial charge is 0.436 e. The molecule has 0 bridgehead atoms. The SMILES string of the molecule is C=C(N1CCN(C(=O)c2ccc(-c3nc4ccc(Cl)cc4o3)cc2)C[C@@H]1C)C1(O)CC1. The summed E-state index contributed by atoms with van der Waals surface area (Å²) in [5.74, 6) is 0.494. The summed E-state index contributed by atoms with van der Waals surface area (Å²) in [4.78, 5) is 21.5. The summed E-state index contributed by atoms with van der Waals surface area (Å²) < 4.78 is 5.81. The first-order valence-electron chi connectivity index (χ1n) is 10.5. The van der Waals surface area contributed by atoms with Crippen LogP contribution in [0.25, 0.3) is 22.6 Å². The third kappa shape index (κ3) is 3.70. The van der Waals surface area contributed by atoms with Gasteiger partial charge in [-0.1, -0.05) is 18.2 Å². The second-order valence-electron chi connectivity index (χ2n) is 8.48. The lowest BCUT2D eigenvalue weighted by Crippen LogP contribution is -2.54. The summed E-state index contributed by atoms with van der Waals surface area (Å²) in [6.07, 6.45) is 1.55. The van der Waals surface area contributed by atoms with E-state index in [0.717, 1.165) is 29.6 Å². The lowest BCUT2D eigenvalue weighted by atomic mass is 10.1. The monoisotopic (exact) mass is 437 g/mol. The molecule has 0 unspecified atom stereocenters. The number of oxazole rings is 1. The summed E-state index contributed by atoms with van der Waals surface area (Å²) in [5.41, 5.74) is 2.86. The molecule has 1 saturated heterocycles. The van der Waals surface area contributed by atoms with Gasteiger partial charge < -0.3 is 19.3 Å². The molecular formula is C24H24ClN3O3. The zero-order chi connectivity index (χ0) is 21.8. The van der Waals surface area contributed by atoms with Crippen molar-refractivity contribution >= 4 is 28.6 Å². The quantitative estimate of drug-likeness (QED) is 0.657. The molecule has 0 spiro atoms. The molecule has 0 radical (unpaired) electrons. The number of piperazine rings is 1. The van der Waals surface area contributed by atoms with Crippen LogP contribution < -0.4 is 0 Å². The van der Waals surface area contributed by atoms with Crippen LogP contribution in [0.4, 0.5) is 0 Å². The molecule has 1 aromatic heterocycles. The number of benzene rings is 2. The van der Waals surface area contributed by atoms with Gasteiger partial charge >= 0.3 is 0 Å².